The molecule has 1 aliphatic heterocycles. The van der Waals surface area contributed by atoms with E-state index in [1.54, 1.807) is 24.3 Å². The van der Waals surface area contributed by atoms with Crippen LogP contribution in [0.3, 0.4) is 0 Å². The van der Waals surface area contributed by atoms with Crippen molar-refractivity contribution in [2.24, 2.45) is 5.92 Å². The lowest BCUT2D eigenvalue weighted by Gasteiger charge is -2.36. The van der Waals surface area contributed by atoms with E-state index in [1.807, 2.05) is 4.90 Å². The first-order valence-corrected chi connectivity index (χ1v) is 12.7. The number of benzene rings is 1. The van der Waals surface area contributed by atoms with Crippen LogP contribution in [0.4, 0.5) is 8.78 Å². The van der Waals surface area contributed by atoms with Crippen LogP contribution in [0, 0.1) is 5.92 Å². The molecule has 0 aromatic heterocycles. The highest BCUT2D eigenvalue weighted by atomic mass is 32.2. The molecule has 1 aromatic rings. The van der Waals surface area contributed by atoms with Crippen LogP contribution in [0.15, 0.2) is 24.3 Å². The summed E-state index contributed by atoms with van der Waals surface area (Å²) in [5.41, 5.74) is 0.577. The van der Waals surface area contributed by atoms with Gasteiger partial charge in [-0.3, -0.25) is 4.79 Å². The van der Waals surface area contributed by atoms with Crippen LogP contribution in [-0.4, -0.2) is 56.1 Å². The predicted octanol–water partition coefficient (Wildman–Crippen LogP) is 3.58. The van der Waals surface area contributed by atoms with Gasteiger partial charge in [0, 0.05) is 43.5 Å². The zero-order valence-electron chi connectivity index (χ0n) is 17.6. The van der Waals surface area contributed by atoms with Crippen molar-refractivity contribution in [3.05, 3.63) is 29.8 Å². The van der Waals surface area contributed by atoms with Gasteiger partial charge in [0.1, 0.15) is 5.75 Å². The van der Waals surface area contributed by atoms with Crippen LogP contribution in [0.25, 0.3) is 0 Å². The fourth-order valence-electron chi connectivity index (χ4n) is 4.42. The second kappa shape index (κ2) is 9.02. The van der Waals surface area contributed by atoms with Gasteiger partial charge in [-0.15, -0.1) is 0 Å². The number of piperidine rings is 1. The molecule has 2 atom stereocenters. The summed E-state index contributed by atoms with van der Waals surface area (Å²) in [6.07, 6.45) is 3.80. The summed E-state index contributed by atoms with van der Waals surface area (Å²) in [6, 6.07) is 6.16. The van der Waals surface area contributed by atoms with Crippen molar-refractivity contribution in [2.45, 2.75) is 68.6 Å². The first kappa shape index (κ1) is 22.5. The molecule has 0 spiro atoms. The van der Waals surface area contributed by atoms with E-state index in [4.69, 9.17) is 4.74 Å². The first-order chi connectivity index (χ1) is 14.7. The molecule has 0 radical (unpaired) electrons. The van der Waals surface area contributed by atoms with Crippen molar-refractivity contribution in [3.63, 3.8) is 0 Å². The van der Waals surface area contributed by atoms with Crippen molar-refractivity contribution in [2.75, 3.05) is 19.7 Å². The number of nitrogens with zero attached hydrogens (tertiary/aromatic N) is 1. The molecule has 1 amide bonds. The Kier molecular flexibility index (Phi) is 6.53. The number of halogens is 2. The molecule has 2 aliphatic carbocycles. The van der Waals surface area contributed by atoms with Crippen molar-refractivity contribution in [3.8, 4) is 5.75 Å². The minimum atomic E-state index is -3.46. The SMILES string of the molecule is O=C(c1ccc(OCC2CC(F)(F)CCC2NS(=O)(=O)C2CC2)cc1)N1CCCCC1. The second-order valence-corrected chi connectivity index (χ2v) is 11.0. The van der Waals surface area contributed by atoms with Crippen molar-refractivity contribution in [1.82, 2.24) is 9.62 Å². The summed E-state index contributed by atoms with van der Waals surface area (Å²) in [5.74, 6) is -2.96. The van der Waals surface area contributed by atoms with Gasteiger partial charge in [0.15, 0.2) is 0 Å². The van der Waals surface area contributed by atoms with Crippen LogP contribution in [-0.2, 0) is 10.0 Å². The Morgan fingerprint density at radius 3 is 2.42 bits per heavy atom. The maximum absolute atomic E-state index is 14.0. The number of likely N-dealkylation sites (tertiary alicyclic amines) is 1. The van der Waals surface area contributed by atoms with Crippen molar-refractivity contribution in [1.29, 1.82) is 0 Å². The first-order valence-electron chi connectivity index (χ1n) is 11.1. The molecular formula is C22H30F2N2O4S. The number of hydrogen-bond acceptors (Lipinski definition) is 4. The minimum Gasteiger partial charge on any atom is -0.493 e. The highest BCUT2D eigenvalue weighted by Crippen LogP contribution is 2.38. The Morgan fingerprint density at radius 1 is 1.10 bits per heavy atom. The number of carbonyl (C=O) groups is 1. The summed E-state index contributed by atoms with van der Waals surface area (Å²) in [6.45, 7) is 1.53. The fraction of sp³-hybridized carbons (Fsp3) is 0.682. The standard InChI is InChI=1S/C22H30F2N2O4S/c23-22(24)11-10-20(25-31(28,29)19-8-9-19)17(14-22)15-30-18-6-4-16(5-7-18)21(27)26-12-2-1-3-13-26/h4-7,17,19-20,25H,1-3,8-15H2. The average Bonchev–Trinajstić information content (AvgIpc) is 3.60. The zero-order valence-corrected chi connectivity index (χ0v) is 18.4. The summed E-state index contributed by atoms with van der Waals surface area (Å²) in [7, 11) is -3.46. The van der Waals surface area contributed by atoms with Gasteiger partial charge in [0.05, 0.1) is 11.9 Å². The van der Waals surface area contributed by atoms with Gasteiger partial charge in [0.25, 0.3) is 5.91 Å². The molecule has 3 fully saturated rings. The van der Waals surface area contributed by atoms with Crippen LogP contribution in [0.1, 0.15) is 61.7 Å². The quantitative estimate of drug-likeness (QED) is 0.681. The molecule has 1 heterocycles. The highest BCUT2D eigenvalue weighted by Gasteiger charge is 2.45. The van der Waals surface area contributed by atoms with Crippen LogP contribution < -0.4 is 9.46 Å². The molecule has 6 nitrogen and oxygen atoms in total. The third kappa shape index (κ3) is 5.74. The maximum atomic E-state index is 14.0. The third-order valence-electron chi connectivity index (χ3n) is 6.44. The highest BCUT2D eigenvalue weighted by molar-refractivity contribution is 7.90. The minimum absolute atomic E-state index is 0.00674. The van der Waals surface area contributed by atoms with Gasteiger partial charge >= 0.3 is 0 Å². The second-order valence-electron chi connectivity index (χ2n) is 9.02. The number of hydrogen-bond donors (Lipinski definition) is 1. The number of carbonyl (C=O) groups excluding carboxylic acids is 1. The maximum Gasteiger partial charge on any atom is 0.253 e. The van der Waals surface area contributed by atoms with Gasteiger partial charge in [-0.25, -0.2) is 21.9 Å². The number of ether oxygens (including phenoxy) is 1. The van der Waals surface area contributed by atoms with Gasteiger partial charge in [0.2, 0.25) is 15.9 Å². The fourth-order valence-corrected chi connectivity index (χ4v) is 6.10. The normalized spacial score (nSPS) is 26.5. The lowest BCUT2D eigenvalue weighted by molar-refractivity contribution is -0.0661. The van der Waals surface area contributed by atoms with E-state index in [9.17, 15) is 22.0 Å². The molecule has 0 bridgehead atoms. The van der Waals surface area contributed by atoms with E-state index in [-0.39, 0.29) is 30.6 Å². The van der Waals surface area contributed by atoms with Gasteiger partial charge < -0.3 is 9.64 Å². The lowest BCUT2D eigenvalue weighted by Crippen LogP contribution is -2.49. The van der Waals surface area contributed by atoms with E-state index >= 15 is 0 Å². The lowest BCUT2D eigenvalue weighted by atomic mass is 9.83. The third-order valence-corrected chi connectivity index (χ3v) is 8.42. The zero-order chi connectivity index (χ0) is 22.1. The Hall–Kier alpha value is -1.74. The number of amides is 1. The van der Waals surface area contributed by atoms with E-state index in [0.717, 1.165) is 32.4 Å². The number of nitrogens with one attached hydrogen (secondary N) is 1. The van der Waals surface area contributed by atoms with Gasteiger partial charge in [-0.1, -0.05) is 0 Å². The summed E-state index contributed by atoms with van der Waals surface area (Å²) < 4.78 is 61.0. The summed E-state index contributed by atoms with van der Waals surface area (Å²) >= 11 is 0. The largest absolute Gasteiger partial charge is 0.493 e. The Bertz CT molecular complexity index is 881. The molecule has 2 unspecified atom stereocenters. The van der Waals surface area contributed by atoms with Crippen molar-refractivity contribution >= 4 is 15.9 Å². The molecule has 9 heteroatoms. The summed E-state index contributed by atoms with van der Waals surface area (Å²) in [4.78, 5) is 14.4. The number of rotatable bonds is 7. The monoisotopic (exact) mass is 456 g/mol. The summed E-state index contributed by atoms with van der Waals surface area (Å²) in [5, 5.41) is -0.388. The molecule has 3 aliphatic rings. The molecule has 172 valence electrons. The average molecular weight is 457 g/mol. The molecule has 2 saturated carbocycles. The van der Waals surface area contributed by atoms with Crippen LogP contribution in [0.2, 0.25) is 0 Å². The molecule has 1 aromatic carbocycles. The van der Waals surface area contributed by atoms with E-state index in [0.29, 0.717) is 24.2 Å². The topological polar surface area (TPSA) is 75.7 Å². The molecule has 1 N–H and O–H groups in total. The van der Waals surface area contributed by atoms with E-state index < -0.39 is 34.3 Å². The van der Waals surface area contributed by atoms with Gasteiger partial charge in [-0.2, -0.15) is 0 Å². The van der Waals surface area contributed by atoms with Crippen LogP contribution >= 0.6 is 0 Å². The number of alkyl halides is 2. The predicted molar refractivity (Wildman–Crippen MR) is 113 cm³/mol. The van der Waals surface area contributed by atoms with E-state index in [2.05, 4.69) is 4.72 Å². The molecular weight excluding hydrogens is 426 g/mol. The number of sulfonamides is 1. The Labute approximate surface area is 182 Å². The molecule has 31 heavy (non-hydrogen) atoms. The van der Waals surface area contributed by atoms with Crippen molar-refractivity contribution < 1.29 is 26.7 Å². The molecule has 1 saturated heterocycles. The smallest absolute Gasteiger partial charge is 0.253 e. The van der Waals surface area contributed by atoms with Gasteiger partial charge in [-0.05, 0) is 62.8 Å². The van der Waals surface area contributed by atoms with Crippen LogP contribution in [0.5, 0.6) is 5.75 Å². The molecule has 4 rings (SSSR count). The Morgan fingerprint density at radius 2 is 1.77 bits per heavy atom. The Balaban J connectivity index is 1.36. The van der Waals surface area contributed by atoms with E-state index in [1.165, 1.54) is 0 Å².